The van der Waals surface area contributed by atoms with E-state index in [1.54, 1.807) is 11.0 Å². The van der Waals surface area contributed by atoms with Gasteiger partial charge in [0, 0.05) is 30.5 Å². The summed E-state index contributed by atoms with van der Waals surface area (Å²) in [6.45, 7) is 1.04. The highest BCUT2D eigenvalue weighted by Gasteiger charge is 2.27. The third-order valence-electron chi connectivity index (χ3n) is 4.62. The molecule has 0 saturated carbocycles. The minimum Gasteiger partial charge on any atom is -0.352 e. The zero-order chi connectivity index (χ0) is 21.5. The van der Waals surface area contributed by atoms with Crippen LogP contribution in [0.15, 0.2) is 36.4 Å². The average molecular weight is 423 g/mol. The van der Waals surface area contributed by atoms with Crippen molar-refractivity contribution in [1.82, 2.24) is 10.2 Å². The summed E-state index contributed by atoms with van der Waals surface area (Å²) in [6.07, 6.45) is 3.83. The van der Waals surface area contributed by atoms with Crippen molar-refractivity contribution in [1.29, 1.82) is 5.26 Å². The van der Waals surface area contributed by atoms with Crippen LogP contribution in [0.5, 0.6) is 0 Å². The van der Waals surface area contributed by atoms with Gasteiger partial charge in [0.25, 0.3) is 0 Å². The maximum Gasteiger partial charge on any atom is 0.312 e. The lowest BCUT2D eigenvalue weighted by atomic mass is 10.0. The van der Waals surface area contributed by atoms with Crippen LogP contribution in [0.3, 0.4) is 0 Å². The molecule has 0 radical (unpaired) electrons. The topological polar surface area (TPSA) is 128 Å². The number of nitrogens with zero attached hydrogens (tertiary/aromatic N) is 2. The number of hydrogen-bond donors (Lipinski definition) is 3. The van der Waals surface area contributed by atoms with E-state index in [0.29, 0.717) is 30.1 Å². The Labute approximate surface area is 178 Å². The first-order chi connectivity index (χ1) is 14.5. The highest BCUT2D eigenvalue weighted by molar-refractivity contribution is 7.16. The average Bonchev–Trinajstić information content (AvgIpc) is 3.08. The number of fused-ring (bicyclic) bond motifs is 1. The molecule has 0 bridgehead atoms. The molecule has 1 aliphatic rings. The molecule has 2 heterocycles. The lowest BCUT2D eigenvalue weighted by Crippen LogP contribution is -2.38. The van der Waals surface area contributed by atoms with Crippen LogP contribution in [-0.4, -0.2) is 35.8 Å². The standard InChI is InChI=1S/C21H21N5O3S/c22-12-16-15-9-11-26(19(28)8-10-24-21(23)29)13-17(15)30-20(16)25-18(27)7-6-14-4-2-1-3-5-14/h1-7H,8-11,13H2,(H,25,27)(H3,23,24,29). The molecule has 9 heteroatoms. The van der Waals surface area contributed by atoms with Crippen molar-refractivity contribution in [3.63, 3.8) is 0 Å². The number of hydrogen-bond acceptors (Lipinski definition) is 5. The first kappa shape index (κ1) is 21.1. The van der Waals surface area contributed by atoms with Gasteiger partial charge in [0.1, 0.15) is 11.1 Å². The Morgan fingerprint density at radius 3 is 2.73 bits per heavy atom. The minimum atomic E-state index is -0.664. The molecule has 0 atom stereocenters. The summed E-state index contributed by atoms with van der Waals surface area (Å²) < 4.78 is 0. The molecule has 1 aliphatic heterocycles. The molecule has 154 valence electrons. The Balaban J connectivity index is 1.66. The number of thiophene rings is 1. The maximum absolute atomic E-state index is 12.3. The molecule has 3 rings (SSSR count). The summed E-state index contributed by atoms with van der Waals surface area (Å²) in [5.41, 5.74) is 7.24. The summed E-state index contributed by atoms with van der Waals surface area (Å²) in [5, 5.41) is 15.3. The molecule has 0 spiro atoms. The van der Waals surface area contributed by atoms with E-state index in [0.717, 1.165) is 16.0 Å². The Morgan fingerprint density at radius 1 is 1.27 bits per heavy atom. The van der Waals surface area contributed by atoms with E-state index in [1.807, 2.05) is 30.3 Å². The molecule has 0 fully saturated rings. The molecule has 0 aliphatic carbocycles. The van der Waals surface area contributed by atoms with Crippen molar-refractivity contribution in [2.75, 3.05) is 18.4 Å². The molecule has 1 aromatic carbocycles. The van der Waals surface area contributed by atoms with Gasteiger partial charge >= 0.3 is 6.03 Å². The van der Waals surface area contributed by atoms with Gasteiger partial charge < -0.3 is 21.3 Å². The molecule has 2 aromatic rings. The number of carbonyl (C=O) groups is 3. The van der Waals surface area contributed by atoms with Gasteiger partial charge in [0.05, 0.1) is 12.1 Å². The number of benzene rings is 1. The summed E-state index contributed by atoms with van der Waals surface area (Å²) in [7, 11) is 0. The maximum atomic E-state index is 12.3. The number of nitriles is 1. The zero-order valence-electron chi connectivity index (χ0n) is 16.2. The third kappa shape index (κ3) is 5.24. The van der Waals surface area contributed by atoms with Crippen LogP contribution in [-0.2, 0) is 22.6 Å². The molecule has 8 nitrogen and oxygen atoms in total. The van der Waals surface area contributed by atoms with Crippen LogP contribution in [0.25, 0.3) is 6.08 Å². The summed E-state index contributed by atoms with van der Waals surface area (Å²) in [6, 6.07) is 11.0. The second-order valence-corrected chi connectivity index (χ2v) is 7.76. The Kier molecular flexibility index (Phi) is 6.83. The molecule has 0 unspecified atom stereocenters. The molecular weight excluding hydrogens is 402 g/mol. The van der Waals surface area contributed by atoms with E-state index in [-0.39, 0.29) is 24.8 Å². The minimum absolute atomic E-state index is 0.0994. The summed E-state index contributed by atoms with van der Waals surface area (Å²) in [5.74, 6) is -0.419. The fraction of sp³-hybridized carbons (Fsp3) is 0.238. The number of anilines is 1. The molecular formula is C21H21N5O3S. The number of nitrogens with two attached hydrogens (primary N) is 1. The van der Waals surface area contributed by atoms with Crippen LogP contribution in [0.1, 0.15) is 28.0 Å². The Bertz CT molecular complexity index is 1020. The van der Waals surface area contributed by atoms with E-state index in [1.165, 1.54) is 17.4 Å². The van der Waals surface area contributed by atoms with Gasteiger partial charge in [0.15, 0.2) is 0 Å². The highest BCUT2D eigenvalue weighted by Crippen LogP contribution is 2.36. The second-order valence-electron chi connectivity index (χ2n) is 6.66. The number of amides is 4. The zero-order valence-corrected chi connectivity index (χ0v) is 17.0. The first-order valence-electron chi connectivity index (χ1n) is 9.37. The van der Waals surface area contributed by atoms with Gasteiger partial charge in [-0.25, -0.2) is 4.79 Å². The van der Waals surface area contributed by atoms with Gasteiger partial charge in [-0.15, -0.1) is 11.3 Å². The van der Waals surface area contributed by atoms with Gasteiger partial charge in [0.2, 0.25) is 11.8 Å². The lowest BCUT2D eigenvalue weighted by molar-refractivity contribution is -0.131. The highest BCUT2D eigenvalue weighted by atomic mass is 32.1. The van der Waals surface area contributed by atoms with Crippen molar-refractivity contribution in [2.24, 2.45) is 5.73 Å². The van der Waals surface area contributed by atoms with E-state index < -0.39 is 6.03 Å². The molecule has 4 N–H and O–H groups in total. The summed E-state index contributed by atoms with van der Waals surface area (Å²) >= 11 is 1.31. The fourth-order valence-electron chi connectivity index (χ4n) is 3.16. The van der Waals surface area contributed by atoms with E-state index >= 15 is 0 Å². The normalized spacial score (nSPS) is 12.8. The predicted molar refractivity (Wildman–Crippen MR) is 114 cm³/mol. The SMILES string of the molecule is N#Cc1c(NC(=O)C=Cc2ccccc2)sc2c1CCN(C(=O)CCNC(N)=O)C2. The monoisotopic (exact) mass is 423 g/mol. The van der Waals surface area contributed by atoms with Crippen molar-refractivity contribution in [3.8, 4) is 6.07 Å². The Hall–Kier alpha value is -3.64. The van der Waals surface area contributed by atoms with Crippen LogP contribution in [0, 0.1) is 11.3 Å². The predicted octanol–water partition coefficient (Wildman–Crippen LogP) is 2.21. The Morgan fingerprint density at radius 2 is 2.03 bits per heavy atom. The van der Waals surface area contributed by atoms with Gasteiger partial charge in [-0.05, 0) is 23.6 Å². The van der Waals surface area contributed by atoms with Crippen LogP contribution >= 0.6 is 11.3 Å². The summed E-state index contributed by atoms with van der Waals surface area (Å²) in [4.78, 5) is 37.9. The smallest absolute Gasteiger partial charge is 0.312 e. The molecule has 1 aromatic heterocycles. The van der Waals surface area contributed by atoms with E-state index in [9.17, 15) is 19.6 Å². The van der Waals surface area contributed by atoms with E-state index in [2.05, 4.69) is 16.7 Å². The van der Waals surface area contributed by atoms with Crippen LogP contribution in [0.2, 0.25) is 0 Å². The van der Waals surface area contributed by atoms with Gasteiger partial charge in [-0.3, -0.25) is 9.59 Å². The molecule has 4 amide bonds. The fourth-order valence-corrected chi connectivity index (χ4v) is 4.38. The van der Waals surface area contributed by atoms with E-state index in [4.69, 9.17) is 5.73 Å². The number of carbonyl (C=O) groups excluding carboxylic acids is 3. The quantitative estimate of drug-likeness (QED) is 0.615. The van der Waals surface area contributed by atoms with Gasteiger partial charge in [-0.2, -0.15) is 5.26 Å². The molecule has 0 saturated heterocycles. The number of rotatable bonds is 6. The largest absolute Gasteiger partial charge is 0.352 e. The van der Waals surface area contributed by atoms with Crippen molar-refractivity contribution in [2.45, 2.75) is 19.4 Å². The van der Waals surface area contributed by atoms with Crippen molar-refractivity contribution < 1.29 is 14.4 Å². The third-order valence-corrected chi connectivity index (χ3v) is 5.76. The lowest BCUT2D eigenvalue weighted by Gasteiger charge is -2.27. The van der Waals surface area contributed by atoms with Crippen LogP contribution < -0.4 is 16.4 Å². The molecule has 30 heavy (non-hydrogen) atoms. The second kappa shape index (κ2) is 9.71. The number of primary amides is 1. The number of nitrogens with one attached hydrogen (secondary N) is 2. The van der Waals surface area contributed by atoms with Crippen molar-refractivity contribution in [3.05, 3.63) is 58.0 Å². The first-order valence-corrected chi connectivity index (χ1v) is 10.2. The van der Waals surface area contributed by atoms with Crippen molar-refractivity contribution >= 4 is 40.3 Å². The van der Waals surface area contributed by atoms with Crippen LogP contribution in [0.4, 0.5) is 9.80 Å². The number of urea groups is 1. The van der Waals surface area contributed by atoms with Gasteiger partial charge in [-0.1, -0.05) is 30.3 Å².